The number of carbonyl (C=O) groups is 1. The van der Waals surface area contributed by atoms with Crippen molar-refractivity contribution in [1.82, 2.24) is 14.7 Å². The second-order valence-corrected chi connectivity index (χ2v) is 10.1. The van der Waals surface area contributed by atoms with Gasteiger partial charge in [0.15, 0.2) is 0 Å². The van der Waals surface area contributed by atoms with Crippen LogP contribution >= 0.6 is 0 Å². The van der Waals surface area contributed by atoms with Crippen molar-refractivity contribution in [3.05, 3.63) is 48.2 Å². The van der Waals surface area contributed by atoms with E-state index in [1.54, 1.807) is 12.3 Å². The molecule has 1 amide bonds. The van der Waals surface area contributed by atoms with E-state index in [9.17, 15) is 4.79 Å². The molecular weight excluding hydrogens is 412 g/mol. The average Bonchev–Trinajstić information content (AvgIpc) is 3.31. The molecule has 0 saturated carbocycles. The van der Waals surface area contributed by atoms with Gasteiger partial charge in [-0.15, -0.1) is 0 Å². The maximum absolute atomic E-state index is 14.0. The summed E-state index contributed by atoms with van der Waals surface area (Å²) >= 11 is 0. The zero-order valence-corrected chi connectivity index (χ0v) is 21.4. The molecule has 1 N–H and O–H groups in total. The number of rotatable bonds is 8. The molecule has 0 aromatic carbocycles. The van der Waals surface area contributed by atoms with Crippen LogP contribution in [-0.2, 0) is 11.3 Å². The first-order valence-corrected chi connectivity index (χ1v) is 12.4. The van der Waals surface area contributed by atoms with Crippen LogP contribution < -0.4 is 5.32 Å². The molecule has 2 aliphatic heterocycles. The Bertz CT molecular complexity index is 907. The van der Waals surface area contributed by atoms with E-state index in [0.717, 1.165) is 38.0 Å². The summed E-state index contributed by atoms with van der Waals surface area (Å²) in [6.07, 6.45) is 13.5. The summed E-state index contributed by atoms with van der Waals surface area (Å²) in [5, 5.41) is 8.36. The van der Waals surface area contributed by atoms with Crippen LogP contribution in [0.4, 0.5) is 5.82 Å². The number of nitrogens with one attached hydrogen (secondary N) is 1. The van der Waals surface area contributed by atoms with Gasteiger partial charge in [-0.3, -0.25) is 4.79 Å². The fourth-order valence-electron chi connectivity index (χ4n) is 5.55. The summed E-state index contributed by atoms with van der Waals surface area (Å²) in [7, 11) is 0. The van der Waals surface area contributed by atoms with Crippen molar-refractivity contribution in [2.45, 2.75) is 91.5 Å². The molecular formula is C27H42N4O2. The predicted octanol–water partition coefficient (Wildman–Crippen LogP) is 5.59. The highest BCUT2D eigenvalue weighted by molar-refractivity contribution is 5.99. The summed E-state index contributed by atoms with van der Waals surface area (Å²) in [5.41, 5.74) is 1.70. The quantitative estimate of drug-likeness (QED) is 0.520. The molecule has 0 aliphatic carbocycles. The van der Waals surface area contributed by atoms with Crippen LogP contribution in [0.5, 0.6) is 0 Å². The third kappa shape index (κ3) is 5.11. The Kier molecular flexibility index (Phi) is 7.88. The number of nitrogens with zero attached hydrogens (tertiary/aromatic N) is 3. The summed E-state index contributed by atoms with van der Waals surface area (Å²) in [4.78, 5) is 16.1. The SMILES string of the molecule is C=C/C=C\C(=C/C)[C@H]1CC(C)(C)Cn2ncc(C(=O)N3CC(OCC)CC3(CC)CC)c2N1. The van der Waals surface area contributed by atoms with E-state index in [-0.39, 0.29) is 29.0 Å². The van der Waals surface area contributed by atoms with Crippen molar-refractivity contribution in [2.75, 3.05) is 18.5 Å². The highest BCUT2D eigenvalue weighted by Crippen LogP contribution is 2.40. The fourth-order valence-corrected chi connectivity index (χ4v) is 5.55. The summed E-state index contributed by atoms with van der Waals surface area (Å²) < 4.78 is 7.95. The molecule has 182 valence electrons. The number of allylic oxidation sites excluding steroid dienone is 3. The van der Waals surface area contributed by atoms with Crippen LogP contribution in [0.2, 0.25) is 0 Å². The number of anilines is 1. The van der Waals surface area contributed by atoms with Gasteiger partial charge in [-0.05, 0) is 50.5 Å². The van der Waals surface area contributed by atoms with Crippen molar-refractivity contribution in [1.29, 1.82) is 0 Å². The van der Waals surface area contributed by atoms with Crippen molar-refractivity contribution in [3.8, 4) is 0 Å². The lowest BCUT2D eigenvalue weighted by atomic mass is 9.83. The molecule has 6 nitrogen and oxygen atoms in total. The Morgan fingerprint density at radius 3 is 2.64 bits per heavy atom. The van der Waals surface area contributed by atoms with Gasteiger partial charge in [0, 0.05) is 25.2 Å². The standard InChI is InChI=1S/C27H42N4O2/c1-8-13-14-20(9-2)23-16-26(6,7)19-31-24(29-23)22(17-28-31)25(32)30-18-21(33-12-5)15-27(30,10-3)11-4/h8-9,13-14,17,21,23,29H,1,10-12,15-16,18-19H2,2-7H3/b14-13-,20-9+/t21?,23-/m1/s1. The molecule has 1 saturated heterocycles. The summed E-state index contributed by atoms with van der Waals surface area (Å²) in [6, 6.07) is 0.0857. The lowest BCUT2D eigenvalue weighted by molar-refractivity contribution is 0.0540. The predicted molar refractivity (Wildman–Crippen MR) is 136 cm³/mol. The molecule has 2 aliphatic rings. The average molecular weight is 455 g/mol. The Labute approximate surface area is 199 Å². The molecule has 1 fully saturated rings. The van der Waals surface area contributed by atoms with Crippen molar-refractivity contribution in [2.24, 2.45) is 5.41 Å². The van der Waals surface area contributed by atoms with E-state index in [1.807, 2.05) is 17.7 Å². The Hall–Kier alpha value is -2.34. The number of aromatic nitrogens is 2. The van der Waals surface area contributed by atoms with Gasteiger partial charge in [-0.1, -0.05) is 58.6 Å². The van der Waals surface area contributed by atoms with Gasteiger partial charge in [0.1, 0.15) is 11.4 Å². The number of hydrogen-bond donors (Lipinski definition) is 1. The van der Waals surface area contributed by atoms with Crippen molar-refractivity contribution >= 4 is 11.7 Å². The van der Waals surface area contributed by atoms with Gasteiger partial charge in [0.2, 0.25) is 0 Å². The van der Waals surface area contributed by atoms with Gasteiger partial charge >= 0.3 is 0 Å². The lowest BCUT2D eigenvalue weighted by Crippen LogP contribution is -2.46. The fraction of sp³-hybridized carbons (Fsp3) is 0.630. The molecule has 2 atom stereocenters. The van der Waals surface area contributed by atoms with Crippen molar-refractivity contribution in [3.63, 3.8) is 0 Å². The molecule has 0 bridgehead atoms. The van der Waals surface area contributed by atoms with E-state index in [1.165, 1.54) is 5.57 Å². The monoisotopic (exact) mass is 454 g/mol. The first-order chi connectivity index (χ1) is 15.7. The Balaban J connectivity index is 1.99. The smallest absolute Gasteiger partial charge is 0.259 e. The minimum absolute atomic E-state index is 0.0236. The molecule has 0 radical (unpaired) electrons. The largest absolute Gasteiger partial charge is 0.377 e. The third-order valence-corrected chi connectivity index (χ3v) is 7.41. The first-order valence-electron chi connectivity index (χ1n) is 12.4. The van der Waals surface area contributed by atoms with Gasteiger partial charge in [-0.25, -0.2) is 4.68 Å². The minimum atomic E-state index is -0.170. The van der Waals surface area contributed by atoms with Gasteiger partial charge in [0.05, 0.1) is 18.3 Å². The van der Waals surface area contributed by atoms with E-state index in [4.69, 9.17) is 4.74 Å². The van der Waals surface area contributed by atoms with E-state index in [2.05, 4.69) is 68.7 Å². The Morgan fingerprint density at radius 2 is 2.03 bits per heavy atom. The van der Waals surface area contributed by atoms with Crippen LogP contribution in [0, 0.1) is 5.41 Å². The molecule has 1 aromatic heterocycles. The zero-order chi connectivity index (χ0) is 24.2. The third-order valence-electron chi connectivity index (χ3n) is 7.41. The molecule has 0 spiro atoms. The molecule has 1 aromatic rings. The van der Waals surface area contributed by atoms with Crippen LogP contribution in [0.25, 0.3) is 0 Å². The topological polar surface area (TPSA) is 59.4 Å². The zero-order valence-electron chi connectivity index (χ0n) is 21.4. The highest BCUT2D eigenvalue weighted by Gasteiger charge is 2.47. The number of likely N-dealkylation sites (tertiary alicyclic amines) is 1. The molecule has 1 unspecified atom stereocenters. The Morgan fingerprint density at radius 1 is 1.30 bits per heavy atom. The van der Waals surface area contributed by atoms with E-state index >= 15 is 0 Å². The maximum Gasteiger partial charge on any atom is 0.259 e. The normalized spacial score (nSPS) is 24.4. The van der Waals surface area contributed by atoms with Crippen LogP contribution in [-0.4, -0.2) is 51.4 Å². The van der Waals surface area contributed by atoms with E-state index < -0.39 is 0 Å². The first kappa shape index (κ1) is 25.3. The maximum atomic E-state index is 14.0. The molecule has 33 heavy (non-hydrogen) atoms. The number of fused-ring (bicyclic) bond motifs is 1. The van der Waals surface area contributed by atoms with Gasteiger partial charge < -0.3 is 15.0 Å². The molecule has 6 heteroatoms. The highest BCUT2D eigenvalue weighted by atomic mass is 16.5. The van der Waals surface area contributed by atoms with Gasteiger partial charge in [0.25, 0.3) is 5.91 Å². The minimum Gasteiger partial charge on any atom is -0.377 e. The van der Waals surface area contributed by atoms with Crippen LogP contribution in [0.3, 0.4) is 0 Å². The number of hydrogen-bond acceptors (Lipinski definition) is 4. The van der Waals surface area contributed by atoms with Crippen molar-refractivity contribution < 1.29 is 9.53 Å². The number of amides is 1. The van der Waals surface area contributed by atoms with Crippen LogP contribution in [0.15, 0.2) is 42.7 Å². The van der Waals surface area contributed by atoms with E-state index in [0.29, 0.717) is 18.7 Å². The molecule has 3 heterocycles. The number of ether oxygens (including phenoxy) is 1. The number of carbonyl (C=O) groups excluding carboxylic acids is 1. The lowest BCUT2D eigenvalue weighted by Gasteiger charge is -2.37. The second-order valence-electron chi connectivity index (χ2n) is 10.1. The second kappa shape index (κ2) is 10.3. The summed E-state index contributed by atoms with van der Waals surface area (Å²) in [5.74, 6) is 0.875. The molecule has 3 rings (SSSR count). The van der Waals surface area contributed by atoms with Crippen LogP contribution in [0.1, 0.15) is 77.6 Å². The van der Waals surface area contributed by atoms with Gasteiger partial charge in [-0.2, -0.15) is 5.10 Å². The summed E-state index contributed by atoms with van der Waals surface area (Å²) in [6.45, 7) is 18.8.